The first-order chi connectivity index (χ1) is 13.5. The van der Waals surface area contributed by atoms with Crippen molar-refractivity contribution < 1.29 is 27.5 Å². The molecule has 4 saturated carbocycles. The molecule has 160 valence electrons. The molecule has 0 saturated heterocycles. The van der Waals surface area contributed by atoms with Crippen molar-refractivity contribution >= 4 is 11.8 Å². The second-order valence-electron chi connectivity index (χ2n) is 10.3. The van der Waals surface area contributed by atoms with Crippen LogP contribution in [0.2, 0.25) is 0 Å². The average Bonchev–Trinajstić information content (AvgIpc) is 2.94. The zero-order valence-corrected chi connectivity index (χ0v) is 17.1. The summed E-state index contributed by atoms with van der Waals surface area (Å²) >= 11 is 0. The lowest BCUT2D eigenvalue weighted by Gasteiger charge is -2.60. The van der Waals surface area contributed by atoms with Crippen LogP contribution in [-0.4, -0.2) is 23.5 Å². The van der Waals surface area contributed by atoms with Crippen LogP contribution in [0.25, 0.3) is 0 Å². The minimum absolute atomic E-state index is 0.113. The highest BCUT2D eigenvalue weighted by atomic mass is 19.4. The van der Waals surface area contributed by atoms with E-state index in [0.29, 0.717) is 49.2 Å². The van der Waals surface area contributed by atoms with E-state index >= 15 is 0 Å². The average molecular weight is 410 g/mol. The van der Waals surface area contributed by atoms with E-state index in [0.717, 1.165) is 25.7 Å². The molecule has 0 amide bonds. The normalized spacial score (nSPS) is 46.8. The number of halogens is 3. The molecule has 3 nitrogen and oxygen atoms in total. The standard InChI is InChI=1S/C23H29F3O3/c1-4-22(29-19(28)23(24,25)26)12-9-18-16-6-5-14-13-15(27)7-10-20(14,2)17(16)8-11-21(18,22)3/h1,14,16-18H,5-13H2,2-3H3/t14-,16+,17-,18-,20-,21-,22-/m0/s1. The summed E-state index contributed by atoms with van der Waals surface area (Å²) in [6.45, 7) is 4.25. The Balaban J connectivity index is 1.63. The number of fused-ring (bicyclic) bond motifs is 5. The van der Waals surface area contributed by atoms with Gasteiger partial charge in [0, 0.05) is 18.3 Å². The minimum atomic E-state index is -5.05. The molecular formula is C23H29F3O3. The molecule has 0 N–H and O–H groups in total. The summed E-state index contributed by atoms with van der Waals surface area (Å²) in [7, 11) is 0. The number of esters is 1. The number of ether oxygens (including phenoxy) is 1. The molecule has 0 aromatic heterocycles. The number of terminal acetylenes is 1. The summed E-state index contributed by atoms with van der Waals surface area (Å²) in [5, 5.41) is 0. The van der Waals surface area contributed by atoms with Crippen LogP contribution in [0.15, 0.2) is 0 Å². The second kappa shape index (κ2) is 6.49. The van der Waals surface area contributed by atoms with Gasteiger partial charge < -0.3 is 4.74 Å². The fourth-order valence-corrected chi connectivity index (χ4v) is 7.69. The molecule has 0 aromatic rings. The third kappa shape index (κ3) is 2.86. The van der Waals surface area contributed by atoms with Crippen molar-refractivity contribution in [2.75, 3.05) is 0 Å². The lowest BCUT2D eigenvalue weighted by Crippen LogP contribution is -2.57. The number of hydrogen-bond acceptors (Lipinski definition) is 3. The van der Waals surface area contributed by atoms with Crippen molar-refractivity contribution in [3.8, 4) is 12.3 Å². The van der Waals surface area contributed by atoms with Gasteiger partial charge in [0.1, 0.15) is 5.78 Å². The van der Waals surface area contributed by atoms with Gasteiger partial charge in [0.2, 0.25) is 0 Å². The van der Waals surface area contributed by atoms with Gasteiger partial charge in [-0.3, -0.25) is 4.79 Å². The molecule has 0 aromatic carbocycles. The molecule has 0 heterocycles. The van der Waals surface area contributed by atoms with Gasteiger partial charge in [-0.05, 0) is 74.0 Å². The van der Waals surface area contributed by atoms with Crippen molar-refractivity contribution in [2.45, 2.75) is 83.4 Å². The first-order valence-electron chi connectivity index (χ1n) is 10.8. The highest BCUT2D eigenvalue weighted by Crippen LogP contribution is 2.68. The first-order valence-corrected chi connectivity index (χ1v) is 10.8. The number of alkyl halides is 3. The molecule has 6 heteroatoms. The number of rotatable bonds is 1. The molecule has 4 aliphatic rings. The van der Waals surface area contributed by atoms with Gasteiger partial charge >= 0.3 is 12.1 Å². The number of carbonyl (C=O) groups is 2. The van der Waals surface area contributed by atoms with Crippen LogP contribution in [0.1, 0.15) is 71.6 Å². The molecule has 0 radical (unpaired) electrons. The maximum Gasteiger partial charge on any atom is 0.490 e. The van der Waals surface area contributed by atoms with Gasteiger partial charge in [0.05, 0.1) is 0 Å². The SMILES string of the molecule is C#C[C@]1(OC(=O)C(F)(F)F)CC[C@H]2[C@@H]3CC[C@H]4CC(=O)CC[C@]4(C)[C@H]3CC[C@@]21C. The Morgan fingerprint density at radius 3 is 2.45 bits per heavy atom. The maximum absolute atomic E-state index is 12.9. The van der Waals surface area contributed by atoms with Crippen LogP contribution in [0.3, 0.4) is 0 Å². The third-order valence-corrected chi connectivity index (χ3v) is 9.33. The topological polar surface area (TPSA) is 43.4 Å². The Morgan fingerprint density at radius 2 is 1.79 bits per heavy atom. The second-order valence-corrected chi connectivity index (χ2v) is 10.3. The molecule has 0 bridgehead atoms. The van der Waals surface area contributed by atoms with Gasteiger partial charge in [-0.1, -0.05) is 19.8 Å². The summed E-state index contributed by atoms with van der Waals surface area (Å²) in [6.07, 6.45) is 7.36. The van der Waals surface area contributed by atoms with E-state index in [4.69, 9.17) is 11.2 Å². The van der Waals surface area contributed by atoms with Crippen molar-refractivity contribution in [3.63, 3.8) is 0 Å². The summed E-state index contributed by atoms with van der Waals surface area (Å²) in [5.41, 5.74) is -2.02. The van der Waals surface area contributed by atoms with Crippen LogP contribution >= 0.6 is 0 Å². The monoisotopic (exact) mass is 410 g/mol. The Hall–Kier alpha value is -1.51. The highest BCUT2D eigenvalue weighted by Gasteiger charge is 2.67. The Morgan fingerprint density at radius 1 is 1.10 bits per heavy atom. The highest BCUT2D eigenvalue weighted by molar-refractivity contribution is 5.79. The zero-order valence-electron chi connectivity index (χ0n) is 17.1. The Bertz CT molecular complexity index is 768. The molecule has 7 atom stereocenters. The van der Waals surface area contributed by atoms with Gasteiger partial charge in [-0.2, -0.15) is 13.2 Å². The van der Waals surface area contributed by atoms with E-state index in [2.05, 4.69) is 12.8 Å². The Labute approximate surface area is 170 Å². The van der Waals surface area contributed by atoms with E-state index in [9.17, 15) is 22.8 Å². The van der Waals surface area contributed by atoms with Crippen LogP contribution in [0.5, 0.6) is 0 Å². The smallest absolute Gasteiger partial charge is 0.439 e. The van der Waals surface area contributed by atoms with E-state index in [-0.39, 0.29) is 17.8 Å². The van der Waals surface area contributed by atoms with Crippen molar-refractivity contribution in [2.24, 2.45) is 34.5 Å². The quantitative estimate of drug-likeness (QED) is 0.447. The molecule has 29 heavy (non-hydrogen) atoms. The largest absolute Gasteiger partial charge is 0.490 e. The van der Waals surface area contributed by atoms with E-state index < -0.39 is 23.2 Å². The summed E-state index contributed by atoms with van der Waals surface area (Å²) < 4.78 is 43.8. The number of carbonyl (C=O) groups excluding carboxylic acids is 2. The van der Waals surface area contributed by atoms with Crippen LogP contribution < -0.4 is 0 Å². The minimum Gasteiger partial charge on any atom is -0.439 e. The van der Waals surface area contributed by atoms with Gasteiger partial charge in [-0.15, -0.1) is 6.42 Å². The van der Waals surface area contributed by atoms with Crippen molar-refractivity contribution in [3.05, 3.63) is 0 Å². The van der Waals surface area contributed by atoms with Gasteiger partial charge in [0.15, 0.2) is 5.60 Å². The first kappa shape index (κ1) is 20.8. The lowest BCUT2D eigenvalue weighted by atomic mass is 9.44. The van der Waals surface area contributed by atoms with Crippen LogP contribution in [0, 0.1) is 46.8 Å². The fourth-order valence-electron chi connectivity index (χ4n) is 7.69. The molecule has 0 unspecified atom stereocenters. The predicted octanol–water partition coefficient (Wildman–Crippen LogP) is 5.08. The van der Waals surface area contributed by atoms with E-state index in [1.165, 1.54) is 0 Å². The Kier molecular flexibility index (Phi) is 4.65. The lowest BCUT2D eigenvalue weighted by molar-refractivity contribution is -0.221. The van der Waals surface area contributed by atoms with Crippen LogP contribution in [0.4, 0.5) is 13.2 Å². The number of ketones is 1. The number of hydrogen-bond donors (Lipinski definition) is 0. The summed E-state index contributed by atoms with van der Waals surface area (Å²) in [4.78, 5) is 23.7. The summed E-state index contributed by atoms with van der Waals surface area (Å²) in [6, 6.07) is 0. The molecule has 4 fully saturated rings. The summed E-state index contributed by atoms with van der Waals surface area (Å²) in [5.74, 6) is 2.06. The van der Waals surface area contributed by atoms with Gasteiger partial charge in [0.25, 0.3) is 0 Å². The predicted molar refractivity (Wildman–Crippen MR) is 100 cm³/mol. The van der Waals surface area contributed by atoms with E-state index in [1.54, 1.807) is 0 Å². The molecule has 0 spiro atoms. The zero-order chi connectivity index (χ0) is 21.2. The third-order valence-electron chi connectivity index (χ3n) is 9.33. The molecule has 0 aliphatic heterocycles. The van der Waals surface area contributed by atoms with E-state index in [1.807, 2.05) is 6.92 Å². The maximum atomic E-state index is 12.9. The molecule has 4 aliphatic carbocycles. The van der Waals surface area contributed by atoms with Crippen LogP contribution in [-0.2, 0) is 14.3 Å². The van der Waals surface area contributed by atoms with Crippen molar-refractivity contribution in [1.82, 2.24) is 0 Å². The fraction of sp³-hybridized carbons (Fsp3) is 0.826. The molecular weight excluding hydrogens is 381 g/mol. The van der Waals surface area contributed by atoms with Gasteiger partial charge in [-0.25, -0.2) is 4.79 Å². The number of Topliss-reactive ketones (excluding diaryl/α,β-unsaturated/α-hetero) is 1. The van der Waals surface area contributed by atoms with Crippen molar-refractivity contribution in [1.29, 1.82) is 0 Å². The molecule has 4 rings (SSSR count).